The third kappa shape index (κ3) is 5.27. The molecule has 1 fully saturated rings. The predicted octanol–water partition coefficient (Wildman–Crippen LogP) is 3.85. The first-order valence-corrected chi connectivity index (χ1v) is 9.85. The van der Waals surface area contributed by atoms with Crippen LogP contribution < -0.4 is 0 Å². The van der Waals surface area contributed by atoms with Crippen LogP contribution in [-0.4, -0.2) is 52.5 Å². The number of carbonyl (C=O) groups is 2. The Hall–Kier alpha value is -3.26. The first-order chi connectivity index (χ1) is 14.8. The van der Waals surface area contributed by atoms with Gasteiger partial charge in [-0.25, -0.2) is 9.59 Å². The summed E-state index contributed by atoms with van der Waals surface area (Å²) in [6.45, 7) is 0.248. The number of aryl methyl sites for hydroxylation is 1. The lowest BCUT2D eigenvalue weighted by molar-refractivity contribution is -0.0929. The van der Waals surface area contributed by atoms with Crippen LogP contribution in [0.2, 0.25) is 0 Å². The Morgan fingerprint density at radius 1 is 1.19 bits per heavy atom. The van der Waals surface area contributed by atoms with Crippen molar-refractivity contribution in [2.24, 2.45) is 0 Å². The molecule has 0 aliphatic carbocycles. The molecule has 0 spiro atoms. The van der Waals surface area contributed by atoms with Gasteiger partial charge in [0.15, 0.2) is 0 Å². The molecule has 1 heterocycles. The number of ether oxygens (including phenoxy) is 1. The van der Waals surface area contributed by atoms with Gasteiger partial charge in [0, 0.05) is 12.1 Å². The Kier molecular flexibility index (Phi) is 7.02. The van der Waals surface area contributed by atoms with E-state index in [0.717, 1.165) is 6.08 Å². The van der Waals surface area contributed by atoms with Gasteiger partial charge in [-0.1, -0.05) is 60.7 Å². The van der Waals surface area contributed by atoms with Gasteiger partial charge < -0.3 is 14.9 Å². The Morgan fingerprint density at radius 3 is 2.58 bits per heavy atom. The number of cyclic esters (lactones) is 1. The molecule has 31 heavy (non-hydrogen) atoms. The highest BCUT2D eigenvalue weighted by molar-refractivity contribution is 5.89. The van der Waals surface area contributed by atoms with E-state index in [2.05, 4.69) is 0 Å². The normalized spacial score (nSPS) is 17.7. The summed E-state index contributed by atoms with van der Waals surface area (Å²) < 4.78 is 33.9. The summed E-state index contributed by atoms with van der Waals surface area (Å²) in [7, 11) is 0. The number of carbonyl (C=O) groups excluding carboxylic acids is 1. The molecule has 2 unspecified atom stereocenters. The molecule has 1 saturated heterocycles. The van der Waals surface area contributed by atoms with Crippen molar-refractivity contribution in [3.8, 4) is 0 Å². The highest BCUT2D eigenvalue weighted by atomic mass is 19.3. The van der Waals surface area contributed by atoms with Gasteiger partial charge in [0.05, 0.1) is 11.6 Å². The average Bonchev–Trinajstić information content (AvgIpc) is 3.12. The fourth-order valence-corrected chi connectivity index (χ4v) is 3.45. The molecular weight excluding hydrogens is 408 g/mol. The predicted molar refractivity (Wildman–Crippen MR) is 109 cm³/mol. The zero-order valence-electron chi connectivity index (χ0n) is 16.7. The van der Waals surface area contributed by atoms with Gasteiger partial charge in [0.2, 0.25) is 0 Å². The minimum absolute atomic E-state index is 0.00925. The molecule has 0 saturated carbocycles. The van der Waals surface area contributed by atoms with E-state index in [1.54, 1.807) is 24.3 Å². The lowest BCUT2D eigenvalue weighted by Gasteiger charge is -2.22. The number of alkyl halides is 2. The molecule has 2 aromatic rings. The van der Waals surface area contributed by atoms with E-state index in [1.165, 1.54) is 41.3 Å². The molecule has 0 radical (unpaired) electrons. The SMILES string of the molecule is O=C(O)c1ccccc1CCCN1C(=O)OCC1/C=C/C(O)C(F)(F)c1ccccc1. The average molecular weight is 431 g/mol. The van der Waals surface area contributed by atoms with Crippen LogP contribution in [0.1, 0.15) is 27.9 Å². The molecule has 2 N–H and O–H groups in total. The number of aromatic carboxylic acids is 1. The van der Waals surface area contributed by atoms with Crippen LogP contribution in [0, 0.1) is 0 Å². The number of halogens is 2. The molecule has 0 aromatic heterocycles. The number of carboxylic acid groups (broad SMARTS) is 1. The third-order valence-corrected chi connectivity index (χ3v) is 5.15. The molecule has 1 aliphatic heterocycles. The Balaban J connectivity index is 1.62. The van der Waals surface area contributed by atoms with Crippen LogP contribution in [0.5, 0.6) is 0 Å². The van der Waals surface area contributed by atoms with Crippen molar-refractivity contribution in [1.82, 2.24) is 4.90 Å². The number of hydrogen-bond acceptors (Lipinski definition) is 4. The Labute approximate surface area is 178 Å². The number of carboxylic acids is 1. The summed E-state index contributed by atoms with van der Waals surface area (Å²) in [5.74, 6) is -4.50. The quantitative estimate of drug-likeness (QED) is 0.589. The van der Waals surface area contributed by atoms with Crippen LogP contribution in [0.25, 0.3) is 0 Å². The summed E-state index contributed by atoms with van der Waals surface area (Å²) in [5, 5.41) is 19.3. The van der Waals surface area contributed by atoms with E-state index in [4.69, 9.17) is 4.74 Å². The number of amides is 1. The lowest BCUT2D eigenvalue weighted by Crippen LogP contribution is -2.34. The second kappa shape index (κ2) is 9.70. The second-order valence-corrected chi connectivity index (χ2v) is 7.22. The second-order valence-electron chi connectivity index (χ2n) is 7.22. The maximum Gasteiger partial charge on any atom is 0.410 e. The monoisotopic (exact) mass is 431 g/mol. The van der Waals surface area contributed by atoms with E-state index in [1.807, 2.05) is 0 Å². The van der Waals surface area contributed by atoms with Gasteiger partial charge in [-0.15, -0.1) is 0 Å². The van der Waals surface area contributed by atoms with Crippen molar-refractivity contribution in [3.63, 3.8) is 0 Å². The van der Waals surface area contributed by atoms with Crippen molar-refractivity contribution in [2.45, 2.75) is 30.9 Å². The maximum atomic E-state index is 14.4. The fourth-order valence-electron chi connectivity index (χ4n) is 3.45. The van der Waals surface area contributed by atoms with Crippen molar-refractivity contribution >= 4 is 12.1 Å². The van der Waals surface area contributed by atoms with Crippen LogP contribution >= 0.6 is 0 Å². The summed E-state index contributed by atoms with van der Waals surface area (Å²) in [6, 6.07) is 13.0. The summed E-state index contributed by atoms with van der Waals surface area (Å²) in [4.78, 5) is 24.7. The first-order valence-electron chi connectivity index (χ1n) is 9.85. The highest BCUT2D eigenvalue weighted by Crippen LogP contribution is 2.32. The van der Waals surface area contributed by atoms with Crippen LogP contribution in [0.3, 0.4) is 0 Å². The first kappa shape index (κ1) is 22.4. The molecule has 1 amide bonds. The van der Waals surface area contributed by atoms with E-state index >= 15 is 0 Å². The van der Waals surface area contributed by atoms with E-state index < -0.39 is 30.1 Å². The summed E-state index contributed by atoms with van der Waals surface area (Å²) in [6.07, 6.45) is 0.578. The molecular formula is C23H23F2NO5. The molecule has 3 rings (SSSR count). The number of aliphatic hydroxyl groups is 1. The molecule has 1 aliphatic rings. The minimum Gasteiger partial charge on any atom is -0.478 e. The number of nitrogens with zero attached hydrogens (tertiary/aromatic N) is 1. The van der Waals surface area contributed by atoms with Gasteiger partial charge in [-0.05, 0) is 24.5 Å². The van der Waals surface area contributed by atoms with Gasteiger partial charge in [-0.3, -0.25) is 4.90 Å². The van der Waals surface area contributed by atoms with E-state index in [9.17, 15) is 28.6 Å². The molecule has 8 heteroatoms. The van der Waals surface area contributed by atoms with E-state index in [0.29, 0.717) is 18.4 Å². The standard InChI is InChI=1S/C23H23F2NO5/c24-23(25,17-9-2-1-3-10-17)20(27)13-12-18-15-31-22(30)26(18)14-6-8-16-7-4-5-11-19(16)21(28)29/h1-5,7,9-13,18,20,27H,6,8,14-15H2,(H,28,29)/b13-12+. The summed E-state index contributed by atoms with van der Waals surface area (Å²) >= 11 is 0. The van der Waals surface area contributed by atoms with Crippen molar-refractivity contribution < 1.29 is 33.3 Å². The fraction of sp³-hybridized carbons (Fsp3) is 0.304. The molecule has 6 nitrogen and oxygen atoms in total. The Morgan fingerprint density at radius 2 is 1.87 bits per heavy atom. The smallest absolute Gasteiger partial charge is 0.410 e. The minimum atomic E-state index is -3.48. The third-order valence-electron chi connectivity index (χ3n) is 5.15. The lowest BCUT2D eigenvalue weighted by atomic mass is 10.0. The van der Waals surface area contributed by atoms with Crippen molar-refractivity contribution in [1.29, 1.82) is 0 Å². The highest BCUT2D eigenvalue weighted by Gasteiger charge is 2.39. The molecule has 0 bridgehead atoms. The van der Waals surface area contributed by atoms with Crippen molar-refractivity contribution in [2.75, 3.05) is 13.2 Å². The molecule has 164 valence electrons. The topological polar surface area (TPSA) is 87.1 Å². The maximum absolute atomic E-state index is 14.4. The van der Waals surface area contributed by atoms with Crippen molar-refractivity contribution in [3.05, 3.63) is 83.4 Å². The van der Waals surface area contributed by atoms with Gasteiger partial charge in [0.1, 0.15) is 12.7 Å². The van der Waals surface area contributed by atoms with Crippen LogP contribution in [-0.2, 0) is 17.1 Å². The number of rotatable bonds is 9. The van der Waals surface area contributed by atoms with Gasteiger partial charge in [0.25, 0.3) is 0 Å². The zero-order valence-corrected chi connectivity index (χ0v) is 16.7. The number of aliphatic hydroxyl groups excluding tert-OH is 1. The number of benzene rings is 2. The van der Waals surface area contributed by atoms with E-state index in [-0.39, 0.29) is 24.3 Å². The molecule has 2 aromatic carbocycles. The summed E-state index contributed by atoms with van der Waals surface area (Å²) in [5.41, 5.74) is 0.543. The van der Waals surface area contributed by atoms with Crippen LogP contribution in [0.4, 0.5) is 13.6 Å². The van der Waals surface area contributed by atoms with Crippen LogP contribution in [0.15, 0.2) is 66.7 Å². The van der Waals surface area contributed by atoms with Gasteiger partial charge in [-0.2, -0.15) is 8.78 Å². The largest absolute Gasteiger partial charge is 0.478 e. The number of hydrogen-bond donors (Lipinski definition) is 2. The molecule has 2 atom stereocenters. The van der Waals surface area contributed by atoms with Gasteiger partial charge >= 0.3 is 18.0 Å². The zero-order chi connectivity index (χ0) is 22.4. The Bertz CT molecular complexity index is 948.